The molecule has 0 saturated heterocycles. The van der Waals surface area contributed by atoms with Gasteiger partial charge in [0.15, 0.2) is 0 Å². The average molecular weight is 757 g/mol. The van der Waals surface area contributed by atoms with Crippen LogP contribution < -0.4 is 4.90 Å². The second-order valence-electron chi connectivity index (χ2n) is 13.9. The minimum Gasteiger partial charge on any atom is -0.456 e. The van der Waals surface area contributed by atoms with E-state index in [-0.39, 0.29) is 0 Å². The van der Waals surface area contributed by atoms with E-state index < -0.39 is 0 Å². The summed E-state index contributed by atoms with van der Waals surface area (Å²) in [5.41, 5.74) is 9.75. The highest BCUT2D eigenvalue weighted by molar-refractivity contribution is 7.27. The standard InChI is InChI=1S/C49H28N2OS3/c1-2-8-30(9-3-1)49-50-48-44(55-49)25-24-43-47(48)38-21-16-31(26-45(38)54-43)29-14-17-32(18-15-29)51(33-20-23-41-39(27-33)35-10-4-6-12-40(35)52-41)34-19-22-37-36-11-5-7-13-42(36)53-46(37)28-34/h1-28H. The molecule has 0 unspecified atom stereocenters. The number of aromatic nitrogens is 1. The molecule has 0 aliphatic heterocycles. The van der Waals surface area contributed by atoms with E-state index in [1.165, 1.54) is 56.2 Å². The topological polar surface area (TPSA) is 29.3 Å². The quantitative estimate of drug-likeness (QED) is 0.175. The maximum absolute atomic E-state index is 6.23. The van der Waals surface area contributed by atoms with Crippen molar-refractivity contribution in [1.82, 2.24) is 4.98 Å². The summed E-state index contributed by atoms with van der Waals surface area (Å²) in [6, 6.07) is 61.3. The fourth-order valence-corrected chi connectivity index (χ4v) is 11.4. The number of thiophene rings is 2. The number of benzene rings is 8. The fourth-order valence-electron chi connectivity index (χ4n) is 8.09. The third-order valence-electron chi connectivity index (χ3n) is 10.7. The number of hydrogen-bond donors (Lipinski definition) is 0. The van der Waals surface area contributed by atoms with Gasteiger partial charge in [-0.25, -0.2) is 4.98 Å². The van der Waals surface area contributed by atoms with Crippen LogP contribution in [0.3, 0.4) is 0 Å². The van der Waals surface area contributed by atoms with Gasteiger partial charge in [0, 0.05) is 73.7 Å². The van der Waals surface area contributed by atoms with Gasteiger partial charge in [-0.05, 0) is 83.9 Å². The Labute approximate surface area is 327 Å². The van der Waals surface area contributed by atoms with Gasteiger partial charge >= 0.3 is 0 Å². The first-order chi connectivity index (χ1) is 27.2. The highest BCUT2D eigenvalue weighted by Crippen LogP contribution is 2.45. The Kier molecular flexibility index (Phi) is 6.84. The predicted molar refractivity (Wildman–Crippen MR) is 238 cm³/mol. The van der Waals surface area contributed by atoms with E-state index in [0.717, 1.165) is 55.1 Å². The van der Waals surface area contributed by atoms with Crippen LogP contribution in [0.15, 0.2) is 174 Å². The van der Waals surface area contributed by atoms with E-state index >= 15 is 0 Å². The molecule has 6 heteroatoms. The lowest BCUT2D eigenvalue weighted by Crippen LogP contribution is -2.09. The molecule has 3 nitrogen and oxygen atoms in total. The maximum Gasteiger partial charge on any atom is 0.135 e. The van der Waals surface area contributed by atoms with Crippen LogP contribution in [-0.4, -0.2) is 4.98 Å². The van der Waals surface area contributed by atoms with Crippen molar-refractivity contribution in [1.29, 1.82) is 0 Å². The Bertz CT molecular complexity index is 3440. The highest BCUT2D eigenvalue weighted by Gasteiger charge is 2.18. The first-order valence-corrected chi connectivity index (χ1v) is 20.7. The molecule has 0 spiro atoms. The number of rotatable bonds is 5. The van der Waals surface area contributed by atoms with Crippen LogP contribution in [0.25, 0.3) is 94.2 Å². The largest absolute Gasteiger partial charge is 0.456 e. The molecule has 0 aliphatic rings. The summed E-state index contributed by atoms with van der Waals surface area (Å²) in [6.07, 6.45) is 0. The zero-order valence-corrected chi connectivity index (χ0v) is 31.6. The van der Waals surface area contributed by atoms with Crippen molar-refractivity contribution in [3.63, 3.8) is 0 Å². The summed E-state index contributed by atoms with van der Waals surface area (Å²) >= 11 is 5.46. The Morgan fingerprint density at radius 1 is 0.382 bits per heavy atom. The number of para-hydroxylation sites is 1. The van der Waals surface area contributed by atoms with Crippen molar-refractivity contribution >= 4 is 124 Å². The van der Waals surface area contributed by atoms with Crippen LogP contribution in [0.2, 0.25) is 0 Å². The van der Waals surface area contributed by atoms with Crippen LogP contribution in [0.4, 0.5) is 17.1 Å². The molecule has 0 amide bonds. The van der Waals surface area contributed by atoms with Gasteiger partial charge in [-0.15, -0.1) is 34.0 Å². The lowest BCUT2D eigenvalue weighted by atomic mass is 10.0. The average Bonchev–Trinajstić information content (AvgIpc) is 4.02. The monoisotopic (exact) mass is 756 g/mol. The van der Waals surface area contributed by atoms with Gasteiger partial charge < -0.3 is 9.32 Å². The molecule has 0 fully saturated rings. The molecule has 55 heavy (non-hydrogen) atoms. The molecule has 12 aromatic rings. The number of thiazole rings is 1. The molecular formula is C49H28N2OS3. The zero-order chi connectivity index (χ0) is 36.0. The van der Waals surface area contributed by atoms with Gasteiger partial charge in [0.1, 0.15) is 16.2 Å². The zero-order valence-electron chi connectivity index (χ0n) is 29.2. The molecule has 0 saturated carbocycles. The van der Waals surface area contributed by atoms with Crippen molar-refractivity contribution in [2.75, 3.05) is 4.90 Å². The normalized spacial score (nSPS) is 12.0. The van der Waals surface area contributed by atoms with Crippen LogP contribution in [-0.2, 0) is 0 Å². The summed E-state index contributed by atoms with van der Waals surface area (Å²) in [5, 5.41) is 8.42. The molecule has 8 aromatic carbocycles. The summed E-state index contributed by atoms with van der Waals surface area (Å²) in [6.45, 7) is 0. The summed E-state index contributed by atoms with van der Waals surface area (Å²) < 4.78 is 12.6. The van der Waals surface area contributed by atoms with Crippen molar-refractivity contribution in [3.05, 3.63) is 170 Å². The first-order valence-electron chi connectivity index (χ1n) is 18.3. The van der Waals surface area contributed by atoms with Crippen LogP contribution >= 0.6 is 34.0 Å². The van der Waals surface area contributed by atoms with Gasteiger partial charge in [-0.3, -0.25) is 0 Å². The van der Waals surface area contributed by atoms with E-state index in [1.54, 1.807) is 11.3 Å². The second kappa shape index (κ2) is 12.1. The Morgan fingerprint density at radius 3 is 1.95 bits per heavy atom. The highest BCUT2D eigenvalue weighted by atomic mass is 32.1. The van der Waals surface area contributed by atoms with Crippen LogP contribution in [0, 0.1) is 0 Å². The van der Waals surface area contributed by atoms with Crippen molar-refractivity contribution in [2.45, 2.75) is 0 Å². The number of hydrogen-bond acceptors (Lipinski definition) is 6. The molecule has 4 heterocycles. The third kappa shape index (κ3) is 4.96. The minimum absolute atomic E-state index is 0.893. The predicted octanol–water partition coefficient (Wildman–Crippen LogP) is 15.7. The minimum atomic E-state index is 0.893. The van der Waals surface area contributed by atoms with Crippen LogP contribution in [0.5, 0.6) is 0 Å². The lowest BCUT2D eigenvalue weighted by Gasteiger charge is -2.26. The number of fused-ring (bicyclic) bond motifs is 11. The molecule has 258 valence electrons. The molecule has 12 rings (SSSR count). The van der Waals surface area contributed by atoms with Gasteiger partial charge in [0.25, 0.3) is 0 Å². The third-order valence-corrected chi connectivity index (χ3v) is 14.0. The Morgan fingerprint density at radius 2 is 1.04 bits per heavy atom. The summed E-state index contributed by atoms with van der Waals surface area (Å²) in [7, 11) is 0. The molecule has 0 aliphatic carbocycles. The molecule has 0 radical (unpaired) electrons. The lowest BCUT2D eigenvalue weighted by molar-refractivity contribution is 0.669. The molecule has 0 N–H and O–H groups in total. The smallest absolute Gasteiger partial charge is 0.135 e. The summed E-state index contributed by atoms with van der Waals surface area (Å²) in [4.78, 5) is 7.53. The molecule has 0 bridgehead atoms. The summed E-state index contributed by atoms with van der Waals surface area (Å²) in [5.74, 6) is 0. The van der Waals surface area contributed by atoms with Crippen molar-refractivity contribution < 1.29 is 4.42 Å². The van der Waals surface area contributed by atoms with Gasteiger partial charge in [-0.2, -0.15) is 0 Å². The Hall–Kier alpha value is -6.31. The molecule has 0 atom stereocenters. The van der Waals surface area contributed by atoms with E-state index in [9.17, 15) is 0 Å². The molecular weight excluding hydrogens is 729 g/mol. The van der Waals surface area contributed by atoms with Crippen molar-refractivity contribution in [2.24, 2.45) is 0 Å². The molecule has 4 aromatic heterocycles. The van der Waals surface area contributed by atoms with E-state index in [0.29, 0.717) is 0 Å². The SMILES string of the molecule is c1ccc(-c2nc3c(ccc4sc5cc(-c6ccc(N(c7ccc8c(c7)sc7ccccc78)c7ccc8oc9ccccc9c8c7)cc6)ccc5c43)s2)cc1. The second-order valence-corrected chi connectivity index (χ2v) is 17.1. The van der Waals surface area contributed by atoms with Gasteiger partial charge in [0.05, 0.1) is 10.2 Å². The first kappa shape index (κ1) is 31.1. The number of furan rings is 1. The van der Waals surface area contributed by atoms with Gasteiger partial charge in [0.2, 0.25) is 0 Å². The fraction of sp³-hybridized carbons (Fsp3) is 0. The van der Waals surface area contributed by atoms with E-state index in [4.69, 9.17) is 9.40 Å². The maximum atomic E-state index is 6.23. The van der Waals surface area contributed by atoms with E-state index in [2.05, 4.69) is 163 Å². The number of anilines is 3. The van der Waals surface area contributed by atoms with Gasteiger partial charge in [-0.1, -0.05) is 97.1 Å². The van der Waals surface area contributed by atoms with Crippen molar-refractivity contribution in [3.8, 4) is 21.7 Å². The Balaban J connectivity index is 0.961. The van der Waals surface area contributed by atoms with E-state index in [1.807, 2.05) is 34.8 Å². The van der Waals surface area contributed by atoms with Crippen LogP contribution in [0.1, 0.15) is 0 Å². The number of nitrogens with zero attached hydrogens (tertiary/aromatic N) is 2.